The van der Waals surface area contributed by atoms with Crippen LogP contribution in [-0.2, 0) is 0 Å². The molecule has 2 unspecified atom stereocenters. The number of rotatable bonds is 6. The third-order valence-corrected chi connectivity index (χ3v) is 8.81. The number of halogens is 6. The zero-order chi connectivity index (χ0) is 25.7. The highest BCUT2D eigenvalue weighted by atomic mass is 19.3. The van der Waals surface area contributed by atoms with Gasteiger partial charge in [-0.1, -0.05) is 71.3 Å². The standard InChI is InChI=1S/C27H38F6O/c1-16(2)8-6-9-17(3)21-13-14-22-19(10-7-15-24(21,22)5)11-12-20-18(4)25(29,30)27(32,33)26(31,34)23(20)28/h11-12,16-17,21-23,34H,4,6-10,13-15H2,1-3,5H3/t17-,21-,22?,23?,24-,26-/m1/s1. The third kappa shape index (κ3) is 4.28. The Morgan fingerprint density at radius 1 is 1.06 bits per heavy atom. The Morgan fingerprint density at radius 3 is 2.32 bits per heavy atom. The Hall–Kier alpha value is -1.24. The molecule has 7 heteroatoms. The van der Waals surface area contributed by atoms with Crippen molar-refractivity contribution < 1.29 is 31.4 Å². The van der Waals surface area contributed by atoms with E-state index in [2.05, 4.69) is 34.3 Å². The first-order chi connectivity index (χ1) is 15.6. The van der Waals surface area contributed by atoms with Crippen molar-refractivity contribution in [3.63, 3.8) is 0 Å². The maximum absolute atomic E-state index is 14.6. The van der Waals surface area contributed by atoms with Gasteiger partial charge in [-0.05, 0) is 61.2 Å². The van der Waals surface area contributed by atoms with Crippen LogP contribution in [0.3, 0.4) is 0 Å². The molecule has 6 atom stereocenters. The second kappa shape index (κ2) is 9.33. The highest BCUT2D eigenvalue weighted by Crippen LogP contribution is 2.60. The first kappa shape index (κ1) is 27.3. The number of hydrogen-bond donors (Lipinski definition) is 1. The summed E-state index contributed by atoms with van der Waals surface area (Å²) in [6.45, 7) is 11.9. The summed E-state index contributed by atoms with van der Waals surface area (Å²) in [4.78, 5) is 0. The molecule has 0 aromatic rings. The molecule has 1 nitrogen and oxygen atoms in total. The van der Waals surface area contributed by atoms with Gasteiger partial charge < -0.3 is 5.11 Å². The Kier molecular flexibility index (Phi) is 7.50. The fraction of sp³-hybridized carbons (Fsp3) is 0.778. The Labute approximate surface area is 199 Å². The lowest BCUT2D eigenvalue weighted by atomic mass is 9.60. The first-order valence-electron chi connectivity index (χ1n) is 12.5. The SMILES string of the molecule is C=C1C(=CC=C2CCC[C@@]3(C)C2CC[C@@H]3[C@H](C)CCCC(C)C)C(F)[C@](O)(F)C(F)(F)C1(F)F. The molecule has 0 amide bonds. The molecule has 3 saturated carbocycles. The maximum atomic E-state index is 14.6. The van der Waals surface area contributed by atoms with Crippen LogP contribution >= 0.6 is 0 Å². The van der Waals surface area contributed by atoms with Gasteiger partial charge >= 0.3 is 17.7 Å². The molecule has 3 rings (SSSR count). The van der Waals surface area contributed by atoms with Crippen LogP contribution in [0, 0.1) is 29.1 Å². The predicted octanol–water partition coefficient (Wildman–Crippen LogP) is 8.35. The molecular weight excluding hydrogens is 454 g/mol. The van der Waals surface area contributed by atoms with E-state index < -0.39 is 35.0 Å². The number of hydrogen-bond acceptors (Lipinski definition) is 1. The highest BCUT2D eigenvalue weighted by molar-refractivity contribution is 5.47. The summed E-state index contributed by atoms with van der Waals surface area (Å²) in [5.41, 5.74) is -1.54. The monoisotopic (exact) mass is 492 g/mol. The smallest absolute Gasteiger partial charge is 0.354 e. The van der Waals surface area contributed by atoms with Crippen LogP contribution < -0.4 is 0 Å². The molecule has 34 heavy (non-hydrogen) atoms. The van der Waals surface area contributed by atoms with Gasteiger partial charge in [-0.25, -0.2) is 8.78 Å². The van der Waals surface area contributed by atoms with Gasteiger partial charge in [0.1, 0.15) is 0 Å². The Morgan fingerprint density at radius 2 is 1.71 bits per heavy atom. The van der Waals surface area contributed by atoms with Gasteiger partial charge in [0.2, 0.25) is 0 Å². The molecular formula is C27H38F6O. The Balaban J connectivity index is 1.85. The van der Waals surface area contributed by atoms with E-state index in [-0.39, 0.29) is 11.3 Å². The van der Waals surface area contributed by atoms with E-state index in [1.807, 2.05) is 0 Å². The second-order valence-corrected chi connectivity index (χ2v) is 11.4. The van der Waals surface area contributed by atoms with Crippen molar-refractivity contribution in [2.45, 2.75) is 103 Å². The van der Waals surface area contributed by atoms with Gasteiger partial charge in [0, 0.05) is 11.1 Å². The fourth-order valence-electron chi connectivity index (χ4n) is 6.75. The normalized spacial score (nSPS) is 40.7. The van der Waals surface area contributed by atoms with E-state index in [9.17, 15) is 31.4 Å². The summed E-state index contributed by atoms with van der Waals surface area (Å²) < 4.78 is 84.6. The van der Waals surface area contributed by atoms with Crippen molar-refractivity contribution in [3.05, 3.63) is 35.5 Å². The minimum atomic E-state index is -5.62. The molecule has 0 heterocycles. The van der Waals surface area contributed by atoms with Crippen LogP contribution in [0.2, 0.25) is 0 Å². The van der Waals surface area contributed by atoms with Crippen LogP contribution in [0.25, 0.3) is 0 Å². The zero-order valence-electron chi connectivity index (χ0n) is 20.6. The van der Waals surface area contributed by atoms with Crippen molar-refractivity contribution in [1.82, 2.24) is 0 Å². The summed E-state index contributed by atoms with van der Waals surface area (Å²) in [6.07, 6.45) is 7.19. The van der Waals surface area contributed by atoms with E-state index in [0.29, 0.717) is 24.2 Å². The molecule has 3 aliphatic carbocycles. The number of allylic oxidation sites excluding steroid dienone is 4. The summed E-state index contributed by atoms with van der Waals surface area (Å²) in [5.74, 6) is -13.8. The average molecular weight is 493 g/mol. The molecule has 0 saturated heterocycles. The minimum Gasteiger partial charge on any atom is -0.354 e. The molecule has 1 N–H and O–H groups in total. The molecule has 0 bridgehead atoms. The highest BCUT2D eigenvalue weighted by Gasteiger charge is 2.78. The minimum absolute atomic E-state index is 0.0241. The van der Waals surface area contributed by atoms with Crippen molar-refractivity contribution in [3.8, 4) is 0 Å². The predicted molar refractivity (Wildman–Crippen MR) is 122 cm³/mol. The topological polar surface area (TPSA) is 20.2 Å². The number of aliphatic hydroxyl groups is 1. The molecule has 194 valence electrons. The van der Waals surface area contributed by atoms with E-state index in [0.717, 1.165) is 43.8 Å². The summed E-state index contributed by atoms with van der Waals surface area (Å²) in [5, 5.41) is 9.35. The number of alkyl halides is 6. The van der Waals surface area contributed by atoms with Crippen LogP contribution in [0.1, 0.15) is 79.1 Å². The molecule has 0 aromatic carbocycles. The van der Waals surface area contributed by atoms with Gasteiger partial charge in [-0.15, -0.1) is 0 Å². The first-order valence-corrected chi connectivity index (χ1v) is 12.5. The van der Waals surface area contributed by atoms with E-state index in [4.69, 9.17) is 0 Å². The Bertz CT molecular complexity index is 842. The van der Waals surface area contributed by atoms with Gasteiger partial charge in [0.05, 0.1) is 0 Å². The van der Waals surface area contributed by atoms with Crippen molar-refractivity contribution >= 4 is 0 Å². The fourth-order valence-corrected chi connectivity index (χ4v) is 6.75. The lowest BCUT2D eigenvalue weighted by Crippen LogP contribution is -2.65. The molecule has 3 fully saturated rings. The van der Waals surface area contributed by atoms with Crippen LogP contribution in [0.15, 0.2) is 35.5 Å². The van der Waals surface area contributed by atoms with Gasteiger partial charge in [0.25, 0.3) is 0 Å². The van der Waals surface area contributed by atoms with E-state index in [1.54, 1.807) is 0 Å². The molecule has 3 aliphatic rings. The van der Waals surface area contributed by atoms with Gasteiger partial charge in [-0.3, -0.25) is 0 Å². The lowest BCUT2D eigenvalue weighted by Gasteiger charge is -2.44. The molecule has 0 radical (unpaired) electrons. The summed E-state index contributed by atoms with van der Waals surface area (Å²) >= 11 is 0. The van der Waals surface area contributed by atoms with Crippen LogP contribution in [0.4, 0.5) is 26.3 Å². The second-order valence-electron chi connectivity index (χ2n) is 11.4. The third-order valence-electron chi connectivity index (χ3n) is 8.81. The van der Waals surface area contributed by atoms with Crippen molar-refractivity contribution in [1.29, 1.82) is 0 Å². The maximum Gasteiger partial charge on any atom is 0.374 e. The molecule has 0 aromatic heterocycles. The van der Waals surface area contributed by atoms with E-state index in [1.165, 1.54) is 18.9 Å². The largest absolute Gasteiger partial charge is 0.374 e. The average Bonchev–Trinajstić information content (AvgIpc) is 3.09. The lowest BCUT2D eigenvalue weighted by molar-refractivity contribution is -0.345. The zero-order valence-corrected chi connectivity index (χ0v) is 20.6. The van der Waals surface area contributed by atoms with Crippen molar-refractivity contribution in [2.75, 3.05) is 0 Å². The molecule has 0 aliphatic heterocycles. The summed E-state index contributed by atoms with van der Waals surface area (Å²) in [6, 6.07) is 0. The summed E-state index contributed by atoms with van der Waals surface area (Å²) in [7, 11) is 0. The van der Waals surface area contributed by atoms with Crippen LogP contribution in [-0.4, -0.2) is 29.0 Å². The van der Waals surface area contributed by atoms with Crippen LogP contribution in [0.5, 0.6) is 0 Å². The van der Waals surface area contributed by atoms with Crippen molar-refractivity contribution in [2.24, 2.45) is 29.1 Å². The van der Waals surface area contributed by atoms with Gasteiger partial charge in [-0.2, -0.15) is 17.6 Å². The number of fused-ring (bicyclic) bond motifs is 1. The molecule has 0 spiro atoms. The van der Waals surface area contributed by atoms with E-state index >= 15 is 0 Å². The quantitative estimate of drug-likeness (QED) is 0.369. The van der Waals surface area contributed by atoms with Gasteiger partial charge in [0.15, 0.2) is 6.17 Å².